The van der Waals surface area contributed by atoms with Gasteiger partial charge in [-0.3, -0.25) is 14.9 Å². The fourth-order valence-electron chi connectivity index (χ4n) is 2.07. The van der Waals surface area contributed by atoms with Gasteiger partial charge in [-0.1, -0.05) is 0 Å². The van der Waals surface area contributed by atoms with Crippen molar-refractivity contribution in [2.45, 2.75) is 23.8 Å². The van der Waals surface area contributed by atoms with E-state index in [0.717, 1.165) is 24.5 Å². The Balaban J connectivity index is 2.37. The Kier molecular flexibility index (Phi) is 4.37. The Hall–Kier alpha value is -2.49. The number of nitro groups is 1. The number of non-ortho nitro benzene ring substituents is 1. The van der Waals surface area contributed by atoms with E-state index in [0.29, 0.717) is 12.8 Å². The SMILES string of the molecule is CS(=O)(=O)c1cc(C(=O)NC(C(=O)O)C2CC2)cc([N+](=O)[O-])c1. The zero-order chi connectivity index (χ0) is 17.4. The van der Waals surface area contributed by atoms with E-state index < -0.39 is 38.4 Å². The molecule has 0 saturated heterocycles. The highest BCUT2D eigenvalue weighted by Gasteiger charge is 2.37. The number of amides is 1. The first-order valence-corrected chi connectivity index (χ1v) is 8.52. The third-order valence-corrected chi connectivity index (χ3v) is 4.53. The maximum Gasteiger partial charge on any atom is 0.326 e. The van der Waals surface area contributed by atoms with E-state index >= 15 is 0 Å². The van der Waals surface area contributed by atoms with Crippen LogP contribution in [0.25, 0.3) is 0 Å². The lowest BCUT2D eigenvalue weighted by atomic mass is 10.1. The van der Waals surface area contributed by atoms with Crippen molar-refractivity contribution >= 4 is 27.4 Å². The first kappa shape index (κ1) is 16.9. The van der Waals surface area contributed by atoms with Gasteiger partial charge in [0.15, 0.2) is 9.84 Å². The highest BCUT2D eigenvalue weighted by atomic mass is 32.2. The van der Waals surface area contributed by atoms with Gasteiger partial charge in [0.2, 0.25) is 0 Å². The molecule has 1 aromatic rings. The first-order valence-electron chi connectivity index (χ1n) is 6.63. The van der Waals surface area contributed by atoms with Gasteiger partial charge >= 0.3 is 5.97 Å². The van der Waals surface area contributed by atoms with E-state index in [9.17, 15) is 28.1 Å². The molecule has 9 nitrogen and oxygen atoms in total. The Morgan fingerprint density at radius 3 is 2.39 bits per heavy atom. The smallest absolute Gasteiger partial charge is 0.326 e. The number of nitrogens with one attached hydrogen (secondary N) is 1. The summed E-state index contributed by atoms with van der Waals surface area (Å²) in [5.41, 5.74) is -0.831. The number of nitrogens with zero attached hydrogens (tertiary/aromatic N) is 1. The molecule has 0 aliphatic heterocycles. The number of carbonyl (C=O) groups excluding carboxylic acids is 1. The fraction of sp³-hybridized carbons (Fsp3) is 0.385. The van der Waals surface area contributed by atoms with Crippen LogP contribution in [0.3, 0.4) is 0 Å². The molecule has 2 N–H and O–H groups in total. The molecule has 23 heavy (non-hydrogen) atoms. The molecule has 0 aromatic heterocycles. The number of hydrogen-bond acceptors (Lipinski definition) is 6. The predicted molar refractivity (Wildman–Crippen MR) is 77.8 cm³/mol. The second kappa shape index (κ2) is 5.95. The van der Waals surface area contributed by atoms with E-state index in [1.54, 1.807) is 0 Å². The summed E-state index contributed by atoms with van der Waals surface area (Å²) in [6, 6.07) is 1.66. The quantitative estimate of drug-likeness (QED) is 0.568. The monoisotopic (exact) mass is 342 g/mol. The van der Waals surface area contributed by atoms with Crippen molar-refractivity contribution in [1.29, 1.82) is 0 Å². The molecule has 2 rings (SSSR count). The summed E-state index contributed by atoms with van der Waals surface area (Å²) >= 11 is 0. The van der Waals surface area contributed by atoms with Gasteiger partial charge < -0.3 is 10.4 Å². The maximum absolute atomic E-state index is 12.2. The molecule has 1 fully saturated rings. The lowest BCUT2D eigenvalue weighted by Gasteiger charge is -2.13. The molecule has 1 unspecified atom stereocenters. The average Bonchev–Trinajstić information content (AvgIpc) is 3.27. The average molecular weight is 342 g/mol. The number of hydrogen-bond donors (Lipinski definition) is 2. The molecule has 124 valence electrons. The van der Waals surface area contributed by atoms with E-state index in [1.807, 2.05) is 0 Å². The van der Waals surface area contributed by atoms with Crippen molar-refractivity contribution in [3.63, 3.8) is 0 Å². The number of sulfone groups is 1. The van der Waals surface area contributed by atoms with Gasteiger partial charge in [-0.25, -0.2) is 13.2 Å². The number of carboxylic acid groups (broad SMARTS) is 1. The van der Waals surface area contributed by atoms with Crippen LogP contribution in [0.4, 0.5) is 5.69 Å². The summed E-state index contributed by atoms with van der Waals surface area (Å²) in [7, 11) is -3.76. The molecular weight excluding hydrogens is 328 g/mol. The number of nitro benzene ring substituents is 1. The van der Waals surface area contributed by atoms with Crippen molar-refractivity contribution in [2.24, 2.45) is 5.92 Å². The largest absolute Gasteiger partial charge is 0.480 e. The van der Waals surface area contributed by atoms with Gasteiger partial charge in [-0.15, -0.1) is 0 Å². The van der Waals surface area contributed by atoms with Crippen LogP contribution >= 0.6 is 0 Å². The minimum Gasteiger partial charge on any atom is -0.480 e. The third-order valence-electron chi connectivity index (χ3n) is 3.44. The molecule has 1 aromatic carbocycles. The predicted octanol–water partition coefficient (Wildman–Crippen LogP) is 0.591. The standard InChI is InChI=1S/C13H14N2O7S/c1-23(21,22)10-5-8(4-9(6-10)15(19)20)12(16)14-11(13(17)18)7-2-3-7/h4-7,11H,2-3H2,1H3,(H,14,16)(H,17,18). The van der Waals surface area contributed by atoms with Crippen LogP contribution in [-0.4, -0.2) is 42.6 Å². The van der Waals surface area contributed by atoms with Crippen LogP contribution in [0.15, 0.2) is 23.1 Å². The normalized spacial score (nSPS) is 15.7. The van der Waals surface area contributed by atoms with Gasteiger partial charge in [0.1, 0.15) is 6.04 Å². The van der Waals surface area contributed by atoms with Gasteiger partial charge in [0, 0.05) is 24.0 Å². The van der Waals surface area contributed by atoms with E-state index in [4.69, 9.17) is 5.11 Å². The highest BCUT2D eigenvalue weighted by Crippen LogP contribution is 2.33. The zero-order valence-electron chi connectivity index (χ0n) is 12.1. The third kappa shape index (κ3) is 4.03. The second-order valence-electron chi connectivity index (χ2n) is 5.37. The fourth-order valence-corrected chi connectivity index (χ4v) is 2.75. The van der Waals surface area contributed by atoms with Crippen LogP contribution in [0.5, 0.6) is 0 Å². The summed E-state index contributed by atoms with van der Waals surface area (Å²) < 4.78 is 23.2. The molecule has 1 amide bonds. The highest BCUT2D eigenvalue weighted by molar-refractivity contribution is 7.90. The zero-order valence-corrected chi connectivity index (χ0v) is 12.9. The van der Waals surface area contributed by atoms with Crippen LogP contribution in [0.1, 0.15) is 23.2 Å². The maximum atomic E-state index is 12.2. The van der Waals surface area contributed by atoms with Crippen molar-refractivity contribution in [2.75, 3.05) is 6.26 Å². The topological polar surface area (TPSA) is 144 Å². The summed E-state index contributed by atoms with van der Waals surface area (Å²) in [6.45, 7) is 0. The number of carbonyl (C=O) groups is 2. The molecular formula is C13H14N2O7S. The van der Waals surface area contributed by atoms with Crippen LogP contribution < -0.4 is 5.32 Å². The summed E-state index contributed by atoms with van der Waals surface area (Å²) in [4.78, 5) is 33.0. The number of benzene rings is 1. The summed E-state index contributed by atoms with van der Waals surface area (Å²) in [6.07, 6.45) is 2.19. The molecule has 1 atom stereocenters. The molecule has 0 spiro atoms. The number of aliphatic carboxylic acids is 1. The molecule has 1 aliphatic rings. The van der Waals surface area contributed by atoms with Gasteiger partial charge in [0.05, 0.1) is 9.82 Å². The lowest BCUT2D eigenvalue weighted by molar-refractivity contribution is -0.385. The minimum absolute atomic E-state index is 0.176. The first-order chi connectivity index (χ1) is 10.6. The van der Waals surface area contributed by atoms with Crippen LogP contribution in [-0.2, 0) is 14.6 Å². The molecule has 1 aliphatic carbocycles. The Morgan fingerprint density at radius 2 is 1.96 bits per heavy atom. The van der Waals surface area contributed by atoms with Gasteiger partial charge in [0.25, 0.3) is 11.6 Å². The van der Waals surface area contributed by atoms with Crippen LogP contribution in [0.2, 0.25) is 0 Å². The van der Waals surface area contributed by atoms with Crippen molar-refractivity contribution in [1.82, 2.24) is 5.32 Å². The number of carboxylic acids is 1. The molecule has 1 saturated carbocycles. The van der Waals surface area contributed by atoms with Crippen molar-refractivity contribution in [3.05, 3.63) is 33.9 Å². The van der Waals surface area contributed by atoms with Crippen molar-refractivity contribution < 1.29 is 28.0 Å². The van der Waals surface area contributed by atoms with Crippen LogP contribution in [0, 0.1) is 16.0 Å². The molecule has 0 bridgehead atoms. The molecule has 0 radical (unpaired) electrons. The number of rotatable bonds is 6. The Morgan fingerprint density at radius 1 is 1.35 bits per heavy atom. The Bertz CT molecular complexity index is 784. The van der Waals surface area contributed by atoms with E-state index in [1.165, 1.54) is 0 Å². The van der Waals surface area contributed by atoms with E-state index in [2.05, 4.69) is 5.32 Å². The molecule has 10 heteroatoms. The lowest BCUT2D eigenvalue weighted by Crippen LogP contribution is -2.42. The Labute approximate surface area is 131 Å². The second-order valence-corrected chi connectivity index (χ2v) is 7.39. The molecule has 0 heterocycles. The van der Waals surface area contributed by atoms with Gasteiger partial charge in [-0.2, -0.15) is 0 Å². The van der Waals surface area contributed by atoms with Gasteiger partial charge in [-0.05, 0) is 24.8 Å². The van der Waals surface area contributed by atoms with E-state index in [-0.39, 0.29) is 16.4 Å². The van der Waals surface area contributed by atoms with Crippen molar-refractivity contribution in [3.8, 4) is 0 Å². The summed E-state index contributed by atoms with van der Waals surface area (Å²) in [5.74, 6) is -2.24. The minimum atomic E-state index is -3.76. The summed E-state index contributed by atoms with van der Waals surface area (Å²) in [5, 5.41) is 22.3.